The predicted molar refractivity (Wildman–Crippen MR) is 59.7 cm³/mol. The predicted octanol–water partition coefficient (Wildman–Crippen LogP) is 1.72. The van der Waals surface area contributed by atoms with Crippen molar-refractivity contribution in [2.75, 3.05) is 6.54 Å². The van der Waals surface area contributed by atoms with Crippen molar-refractivity contribution in [3.8, 4) is 0 Å². The van der Waals surface area contributed by atoms with E-state index in [0.717, 1.165) is 0 Å². The quantitative estimate of drug-likeness (QED) is 0.879. The summed E-state index contributed by atoms with van der Waals surface area (Å²) in [5, 5.41) is 2.93. The third kappa shape index (κ3) is 3.00. The van der Waals surface area contributed by atoms with Crippen molar-refractivity contribution in [3.63, 3.8) is 0 Å². The maximum atomic E-state index is 12.8. The van der Waals surface area contributed by atoms with Crippen LogP contribution in [-0.2, 0) is 4.79 Å². The van der Waals surface area contributed by atoms with E-state index in [1.54, 1.807) is 0 Å². The SMILES string of the molecule is CCNC(C(N)=O)c1ccc(F)cc1Br. The summed E-state index contributed by atoms with van der Waals surface area (Å²) < 4.78 is 13.4. The van der Waals surface area contributed by atoms with Crippen LogP contribution in [0.4, 0.5) is 4.39 Å². The average Bonchev–Trinajstić information content (AvgIpc) is 2.15. The van der Waals surface area contributed by atoms with E-state index in [-0.39, 0.29) is 5.82 Å². The summed E-state index contributed by atoms with van der Waals surface area (Å²) in [6, 6.07) is 3.55. The van der Waals surface area contributed by atoms with E-state index in [2.05, 4.69) is 21.2 Å². The molecule has 1 rings (SSSR count). The molecule has 0 saturated carbocycles. The number of carbonyl (C=O) groups excluding carboxylic acids is 1. The fourth-order valence-corrected chi connectivity index (χ4v) is 1.88. The molecule has 1 amide bonds. The standard InChI is InChI=1S/C10H12BrFN2O/c1-2-14-9(10(13)15)7-4-3-6(12)5-8(7)11/h3-5,9,14H,2H2,1H3,(H2,13,15). The second-order valence-corrected chi connectivity index (χ2v) is 3.91. The van der Waals surface area contributed by atoms with Crippen molar-refractivity contribution < 1.29 is 9.18 Å². The molecule has 0 aromatic heterocycles. The zero-order chi connectivity index (χ0) is 11.4. The number of hydrogen-bond donors (Lipinski definition) is 2. The summed E-state index contributed by atoms with van der Waals surface area (Å²) in [6.45, 7) is 2.48. The molecule has 0 spiro atoms. The van der Waals surface area contributed by atoms with Crippen LogP contribution >= 0.6 is 15.9 Å². The number of likely N-dealkylation sites (N-methyl/N-ethyl adjacent to an activating group) is 1. The first-order chi connectivity index (χ1) is 7.06. The zero-order valence-electron chi connectivity index (χ0n) is 8.26. The Bertz CT molecular complexity index is 370. The van der Waals surface area contributed by atoms with Gasteiger partial charge in [0.1, 0.15) is 11.9 Å². The van der Waals surface area contributed by atoms with Crippen LogP contribution < -0.4 is 11.1 Å². The van der Waals surface area contributed by atoms with Crippen molar-refractivity contribution in [2.24, 2.45) is 5.73 Å². The first kappa shape index (κ1) is 12.1. The van der Waals surface area contributed by atoms with Crippen molar-refractivity contribution in [1.82, 2.24) is 5.32 Å². The Morgan fingerprint density at radius 2 is 2.33 bits per heavy atom. The first-order valence-corrected chi connectivity index (χ1v) is 5.33. The smallest absolute Gasteiger partial charge is 0.239 e. The van der Waals surface area contributed by atoms with Gasteiger partial charge < -0.3 is 11.1 Å². The van der Waals surface area contributed by atoms with E-state index < -0.39 is 11.9 Å². The summed E-state index contributed by atoms with van der Waals surface area (Å²) >= 11 is 3.20. The van der Waals surface area contributed by atoms with Crippen LogP contribution in [0.1, 0.15) is 18.5 Å². The highest BCUT2D eigenvalue weighted by Gasteiger charge is 2.19. The molecular formula is C10H12BrFN2O. The highest BCUT2D eigenvalue weighted by atomic mass is 79.9. The second kappa shape index (κ2) is 5.23. The van der Waals surface area contributed by atoms with Gasteiger partial charge in [-0.1, -0.05) is 28.9 Å². The minimum absolute atomic E-state index is 0.356. The van der Waals surface area contributed by atoms with E-state index in [1.165, 1.54) is 18.2 Å². The Hall–Kier alpha value is -0.940. The normalized spacial score (nSPS) is 12.5. The lowest BCUT2D eigenvalue weighted by Crippen LogP contribution is -2.33. The molecule has 0 aliphatic heterocycles. The molecule has 0 fully saturated rings. The molecule has 1 aromatic rings. The molecule has 3 N–H and O–H groups in total. The molecule has 1 aromatic carbocycles. The van der Waals surface area contributed by atoms with E-state index >= 15 is 0 Å². The van der Waals surface area contributed by atoms with E-state index in [0.29, 0.717) is 16.6 Å². The minimum Gasteiger partial charge on any atom is -0.368 e. The van der Waals surface area contributed by atoms with Crippen LogP contribution in [0, 0.1) is 5.82 Å². The number of rotatable bonds is 4. The fraction of sp³-hybridized carbons (Fsp3) is 0.300. The molecule has 82 valence electrons. The lowest BCUT2D eigenvalue weighted by Gasteiger charge is -2.15. The molecule has 0 aliphatic carbocycles. The van der Waals surface area contributed by atoms with Crippen LogP contribution in [0.2, 0.25) is 0 Å². The number of primary amides is 1. The van der Waals surface area contributed by atoms with Gasteiger partial charge in [0.15, 0.2) is 0 Å². The Morgan fingerprint density at radius 1 is 1.67 bits per heavy atom. The molecule has 3 nitrogen and oxygen atoms in total. The van der Waals surface area contributed by atoms with Crippen LogP contribution in [0.25, 0.3) is 0 Å². The highest BCUT2D eigenvalue weighted by molar-refractivity contribution is 9.10. The topological polar surface area (TPSA) is 55.1 Å². The number of carbonyl (C=O) groups is 1. The second-order valence-electron chi connectivity index (χ2n) is 3.06. The Labute approximate surface area is 96.0 Å². The van der Waals surface area contributed by atoms with Gasteiger partial charge in [-0.25, -0.2) is 4.39 Å². The van der Waals surface area contributed by atoms with Gasteiger partial charge in [-0.2, -0.15) is 0 Å². The zero-order valence-corrected chi connectivity index (χ0v) is 9.84. The number of nitrogens with one attached hydrogen (secondary N) is 1. The Kier molecular flexibility index (Phi) is 4.23. The Morgan fingerprint density at radius 3 is 2.80 bits per heavy atom. The molecule has 0 bridgehead atoms. The van der Waals surface area contributed by atoms with Crippen molar-refractivity contribution >= 4 is 21.8 Å². The van der Waals surface area contributed by atoms with Gasteiger partial charge in [0, 0.05) is 4.47 Å². The lowest BCUT2D eigenvalue weighted by atomic mass is 10.1. The maximum Gasteiger partial charge on any atom is 0.239 e. The van der Waals surface area contributed by atoms with Crippen molar-refractivity contribution in [1.29, 1.82) is 0 Å². The summed E-state index contributed by atoms with van der Waals surface area (Å²) in [7, 11) is 0. The van der Waals surface area contributed by atoms with Gasteiger partial charge in [0.05, 0.1) is 0 Å². The van der Waals surface area contributed by atoms with E-state index in [4.69, 9.17) is 5.73 Å². The third-order valence-corrected chi connectivity index (χ3v) is 2.65. The van der Waals surface area contributed by atoms with Crippen molar-refractivity contribution in [3.05, 3.63) is 34.1 Å². The molecule has 1 unspecified atom stereocenters. The largest absolute Gasteiger partial charge is 0.368 e. The van der Waals surface area contributed by atoms with Gasteiger partial charge >= 0.3 is 0 Å². The number of amides is 1. The number of benzene rings is 1. The van der Waals surface area contributed by atoms with Gasteiger partial charge in [-0.15, -0.1) is 0 Å². The number of halogens is 2. The van der Waals surface area contributed by atoms with Crippen LogP contribution in [0.5, 0.6) is 0 Å². The minimum atomic E-state index is -0.593. The Balaban J connectivity index is 3.05. The molecule has 0 aliphatic rings. The third-order valence-electron chi connectivity index (χ3n) is 1.97. The summed E-state index contributed by atoms with van der Waals surface area (Å²) in [6.07, 6.45) is 0. The molecule has 0 radical (unpaired) electrons. The average molecular weight is 275 g/mol. The van der Waals surface area contributed by atoms with Crippen LogP contribution in [0.15, 0.2) is 22.7 Å². The number of nitrogens with two attached hydrogens (primary N) is 1. The molecule has 0 heterocycles. The fourth-order valence-electron chi connectivity index (χ4n) is 1.30. The number of hydrogen-bond acceptors (Lipinski definition) is 2. The molecule has 1 atom stereocenters. The van der Waals surface area contributed by atoms with E-state index in [1.807, 2.05) is 6.92 Å². The summed E-state index contributed by atoms with van der Waals surface area (Å²) in [5.74, 6) is -0.838. The van der Waals surface area contributed by atoms with Crippen LogP contribution in [0.3, 0.4) is 0 Å². The molecule has 15 heavy (non-hydrogen) atoms. The summed E-state index contributed by atoms with van der Waals surface area (Å²) in [4.78, 5) is 11.2. The van der Waals surface area contributed by atoms with Crippen LogP contribution in [-0.4, -0.2) is 12.5 Å². The first-order valence-electron chi connectivity index (χ1n) is 4.54. The molecule has 0 saturated heterocycles. The lowest BCUT2D eigenvalue weighted by molar-refractivity contribution is -0.120. The van der Waals surface area contributed by atoms with Gasteiger partial charge in [0.25, 0.3) is 0 Å². The van der Waals surface area contributed by atoms with Gasteiger partial charge in [-0.05, 0) is 24.2 Å². The van der Waals surface area contributed by atoms with Crippen molar-refractivity contribution in [2.45, 2.75) is 13.0 Å². The van der Waals surface area contributed by atoms with Gasteiger partial charge in [-0.3, -0.25) is 4.79 Å². The molecular weight excluding hydrogens is 263 g/mol. The maximum absolute atomic E-state index is 12.8. The molecule has 5 heteroatoms. The van der Waals surface area contributed by atoms with E-state index in [9.17, 15) is 9.18 Å². The van der Waals surface area contributed by atoms with Gasteiger partial charge in [0.2, 0.25) is 5.91 Å². The highest BCUT2D eigenvalue weighted by Crippen LogP contribution is 2.24. The monoisotopic (exact) mass is 274 g/mol. The summed E-state index contributed by atoms with van der Waals surface area (Å²) in [5.41, 5.74) is 5.89.